The van der Waals surface area contributed by atoms with E-state index in [1.54, 1.807) is 0 Å². The third-order valence-electron chi connectivity index (χ3n) is 8.39. The molecule has 0 spiro atoms. The van der Waals surface area contributed by atoms with Gasteiger partial charge in [-0.15, -0.1) is 0 Å². The largest absolute Gasteiger partial charge is 0.492 e. The summed E-state index contributed by atoms with van der Waals surface area (Å²) in [6.07, 6.45) is -2.55. The summed E-state index contributed by atoms with van der Waals surface area (Å²) in [5.41, 5.74) is -0.345. The van der Waals surface area contributed by atoms with E-state index in [1.165, 1.54) is 5.56 Å². The number of aliphatic hydroxyl groups is 1. The number of aryl methyl sites for hydroxylation is 1. The number of rotatable bonds is 10. The highest BCUT2D eigenvalue weighted by atomic mass is 19.4. The molecule has 10 heteroatoms. The average molecular weight is 697 g/mol. The lowest BCUT2D eigenvalue weighted by molar-refractivity contribution is -0.137. The summed E-state index contributed by atoms with van der Waals surface area (Å²) in [5, 5.41) is 9.80. The van der Waals surface area contributed by atoms with E-state index in [0.717, 1.165) is 87.6 Å². The first-order chi connectivity index (χ1) is 23.8. The molecule has 0 bridgehead atoms. The lowest BCUT2D eigenvalue weighted by Crippen LogP contribution is -2.37. The number of halogens is 4. The van der Waals surface area contributed by atoms with Gasteiger partial charge >= 0.3 is 6.18 Å². The highest BCUT2D eigenvalue weighted by molar-refractivity contribution is 5.28. The van der Waals surface area contributed by atoms with Crippen LogP contribution in [-0.4, -0.2) is 78.6 Å². The highest BCUT2D eigenvalue weighted by Crippen LogP contribution is 2.30. The molecule has 50 heavy (non-hydrogen) atoms. The van der Waals surface area contributed by atoms with Gasteiger partial charge < -0.3 is 19.3 Å². The van der Waals surface area contributed by atoms with Crippen molar-refractivity contribution < 1.29 is 36.9 Å². The minimum atomic E-state index is -4.46. The number of β-amino-alcohol motifs (C(OH)–C–C–N with tert-alkyl or cyclic N) is 1. The second kappa shape index (κ2) is 18.2. The Kier molecular flexibility index (Phi) is 14.1. The fraction of sp³-hybridized carbons (Fsp3) is 0.400. The van der Waals surface area contributed by atoms with Crippen molar-refractivity contribution in [2.45, 2.75) is 51.0 Å². The monoisotopic (exact) mass is 696 g/mol. The number of nitrogens with zero attached hydrogens (tertiary/aromatic N) is 2. The van der Waals surface area contributed by atoms with Crippen LogP contribution < -0.4 is 14.2 Å². The van der Waals surface area contributed by atoms with Crippen LogP contribution in [0.4, 0.5) is 17.6 Å². The number of hydrogen-bond acceptors (Lipinski definition) is 6. The molecule has 2 saturated heterocycles. The van der Waals surface area contributed by atoms with Crippen LogP contribution in [0, 0.1) is 12.7 Å². The third-order valence-corrected chi connectivity index (χ3v) is 8.39. The molecule has 2 heterocycles. The maximum absolute atomic E-state index is 12.2. The Morgan fingerprint density at radius 2 is 1.22 bits per heavy atom. The van der Waals surface area contributed by atoms with Crippen molar-refractivity contribution in [1.29, 1.82) is 0 Å². The predicted molar refractivity (Wildman–Crippen MR) is 188 cm³/mol. The first-order valence-corrected chi connectivity index (χ1v) is 16.9. The highest BCUT2D eigenvalue weighted by Gasteiger charge is 2.36. The van der Waals surface area contributed by atoms with Gasteiger partial charge in [0, 0.05) is 45.7 Å². The van der Waals surface area contributed by atoms with Crippen molar-refractivity contribution in [3.8, 4) is 17.2 Å². The average Bonchev–Trinajstić information content (AvgIpc) is 3.62. The lowest BCUT2D eigenvalue weighted by Gasteiger charge is -2.26. The van der Waals surface area contributed by atoms with E-state index in [1.807, 2.05) is 73.7 Å². The van der Waals surface area contributed by atoms with Gasteiger partial charge in [-0.2, -0.15) is 13.2 Å². The first kappa shape index (κ1) is 38.7. The van der Waals surface area contributed by atoms with Crippen LogP contribution in [-0.2, 0) is 6.18 Å². The van der Waals surface area contributed by atoms with Crippen molar-refractivity contribution >= 4 is 0 Å². The summed E-state index contributed by atoms with van der Waals surface area (Å²) in [4.78, 5) is 4.65. The van der Waals surface area contributed by atoms with E-state index in [4.69, 9.17) is 14.2 Å². The maximum Gasteiger partial charge on any atom is 0.416 e. The van der Waals surface area contributed by atoms with Gasteiger partial charge in [-0.05, 0) is 87.4 Å². The number of hydrogen-bond donors (Lipinski definition) is 1. The van der Waals surface area contributed by atoms with Gasteiger partial charge in [0.1, 0.15) is 41.9 Å². The predicted octanol–water partition coefficient (Wildman–Crippen LogP) is 8.28. The summed E-state index contributed by atoms with van der Waals surface area (Å²) >= 11 is 0. The molecule has 2 aliphatic heterocycles. The molecule has 2 aliphatic rings. The molecule has 0 amide bonds. The standard InChI is InChI=1S/C20H25NO2.C13H19NO2.C7H4F4/c1-17-7-6-10-19(15-17)23-20(2)11-12-21(16-20)13-14-22-18-8-4-3-5-9-18;1-13(15)7-8-14(11-13)9-10-16-12-5-3-2-4-6-12;8-6-3-1-2-5(4-6)7(9,10)11/h3-10,15H,11-14,16H2,1-2H3;2-6,15H,7-11H2,1H3;1-4H. The Morgan fingerprint density at radius 1 is 0.680 bits per heavy atom. The van der Waals surface area contributed by atoms with Gasteiger partial charge in [0.15, 0.2) is 0 Å². The van der Waals surface area contributed by atoms with Crippen molar-refractivity contribution in [1.82, 2.24) is 9.80 Å². The molecular weight excluding hydrogens is 648 g/mol. The quantitative estimate of drug-likeness (QED) is 0.169. The Morgan fingerprint density at radius 3 is 1.72 bits per heavy atom. The zero-order chi connectivity index (χ0) is 36.0. The van der Waals surface area contributed by atoms with Crippen LogP contribution in [0.2, 0.25) is 0 Å². The minimum Gasteiger partial charge on any atom is -0.492 e. The SMILES string of the molecule is CC1(O)CCN(CCOc2ccccc2)C1.Cc1cccc(OC2(C)CCN(CCOc3ccccc3)C2)c1.Fc1cccc(C(F)(F)F)c1. The fourth-order valence-electron chi connectivity index (χ4n) is 5.78. The number of likely N-dealkylation sites (tertiary alicyclic amines) is 2. The number of para-hydroxylation sites is 2. The molecule has 2 atom stereocenters. The fourth-order valence-corrected chi connectivity index (χ4v) is 5.78. The van der Waals surface area contributed by atoms with Gasteiger partial charge in [-0.25, -0.2) is 4.39 Å². The van der Waals surface area contributed by atoms with E-state index in [2.05, 4.69) is 41.8 Å². The van der Waals surface area contributed by atoms with Gasteiger partial charge in [0.25, 0.3) is 0 Å². The molecule has 4 aromatic carbocycles. The molecule has 0 aliphatic carbocycles. The maximum atomic E-state index is 12.2. The molecule has 1 N–H and O–H groups in total. The molecule has 0 aromatic heterocycles. The smallest absolute Gasteiger partial charge is 0.416 e. The van der Waals surface area contributed by atoms with Crippen molar-refractivity contribution in [2.24, 2.45) is 0 Å². The second-order valence-electron chi connectivity index (χ2n) is 13.2. The lowest BCUT2D eigenvalue weighted by atomic mass is 10.1. The van der Waals surface area contributed by atoms with Gasteiger partial charge in [0.05, 0.1) is 11.2 Å². The second-order valence-corrected chi connectivity index (χ2v) is 13.2. The number of ether oxygens (including phenoxy) is 3. The molecule has 2 fully saturated rings. The molecule has 0 radical (unpaired) electrons. The van der Waals surface area contributed by atoms with Crippen LogP contribution in [0.1, 0.15) is 37.8 Å². The Balaban J connectivity index is 0.000000181. The van der Waals surface area contributed by atoms with E-state index in [-0.39, 0.29) is 5.60 Å². The first-order valence-electron chi connectivity index (χ1n) is 16.9. The summed E-state index contributed by atoms with van der Waals surface area (Å²) < 4.78 is 65.3. The molecule has 4 aromatic rings. The molecule has 6 nitrogen and oxygen atoms in total. The van der Waals surface area contributed by atoms with E-state index in [9.17, 15) is 22.7 Å². The summed E-state index contributed by atoms with van der Waals surface area (Å²) in [5.74, 6) is 1.94. The number of benzene rings is 4. The van der Waals surface area contributed by atoms with Crippen LogP contribution in [0.25, 0.3) is 0 Å². The molecule has 2 unspecified atom stereocenters. The van der Waals surface area contributed by atoms with Crippen LogP contribution in [0.3, 0.4) is 0 Å². The van der Waals surface area contributed by atoms with E-state index in [0.29, 0.717) is 19.3 Å². The summed E-state index contributed by atoms with van der Waals surface area (Å²) in [6, 6.07) is 31.4. The molecular formula is C40H48F4N2O4. The van der Waals surface area contributed by atoms with E-state index >= 15 is 0 Å². The zero-order valence-corrected chi connectivity index (χ0v) is 29.0. The normalized spacial score (nSPS) is 20.6. The molecule has 0 saturated carbocycles. The van der Waals surface area contributed by atoms with Crippen molar-refractivity contribution in [2.75, 3.05) is 52.5 Å². The summed E-state index contributed by atoms with van der Waals surface area (Å²) in [6.45, 7) is 13.1. The Labute approximate surface area is 293 Å². The van der Waals surface area contributed by atoms with Crippen molar-refractivity contribution in [3.05, 3.63) is 126 Å². The van der Waals surface area contributed by atoms with Crippen molar-refractivity contribution in [3.63, 3.8) is 0 Å². The Bertz CT molecular complexity index is 1570. The number of alkyl halides is 3. The van der Waals surface area contributed by atoms with Gasteiger partial charge in [-0.1, -0.05) is 54.6 Å². The molecule has 6 rings (SSSR count). The summed E-state index contributed by atoms with van der Waals surface area (Å²) in [7, 11) is 0. The third kappa shape index (κ3) is 13.7. The minimum absolute atomic E-state index is 0.111. The van der Waals surface area contributed by atoms with Gasteiger partial charge in [-0.3, -0.25) is 9.80 Å². The molecule has 270 valence electrons. The van der Waals surface area contributed by atoms with Crippen LogP contribution >= 0.6 is 0 Å². The van der Waals surface area contributed by atoms with Crippen LogP contribution in [0.5, 0.6) is 17.2 Å². The van der Waals surface area contributed by atoms with Crippen LogP contribution in [0.15, 0.2) is 109 Å². The van der Waals surface area contributed by atoms with E-state index < -0.39 is 23.2 Å². The van der Waals surface area contributed by atoms with Gasteiger partial charge in [0.2, 0.25) is 0 Å². The Hall–Kier alpha value is -4.12. The zero-order valence-electron chi connectivity index (χ0n) is 29.0. The topological polar surface area (TPSA) is 54.4 Å².